The number of carbonyl (C=O) groups is 1. The molecule has 0 aliphatic carbocycles. The van der Waals surface area contributed by atoms with Crippen LogP contribution in [0.3, 0.4) is 0 Å². The molecular formula is C16H10ClFN2O3S. The Morgan fingerprint density at radius 2 is 1.96 bits per heavy atom. The Labute approximate surface area is 145 Å². The van der Waals surface area contributed by atoms with E-state index in [0.29, 0.717) is 21.3 Å². The molecule has 3 N–H and O–H groups in total. The molecule has 1 aliphatic rings. The maximum atomic E-state index is 13.1. The van der Waals surface area contributed by atoms with Gasteiger partial charge in [0.05, 0.1) is 15.6 Å². The normalized spacial score (nSPS) is 17.5. The van der Waals surface area contributed by atoms with Gasteiger partial charge in [-0.1, -0.05) is 17.7 Å². The molecule has 3 rings (SSSR count). The Bertz CT molecular complexity index is 899. The van der Waals surface area contributed by atoms with Crippen molar-refractivity contribution in [2.45, 2.75) is 0 Å². The number of nitrogens with one attached hydrogen (secondary N) is 1. The number of rotatable bonds is 2. The molecule has 0 saturated carbocycles. The SMILES string of the molecule is O=C1NC(=Nc2ccc(F)c(Cl)c2)S/C1=C\c1ccc(O)c(O)c1. The molecule has 0 unspecified atom stereocenters. The molecule has 1 amide bonds. The maximum absolute atomic E-state index is 13.1. The second-order valence-corrected chi connectivity index (χ2v) is 6.27. The summed E-state index contributed by atoms with van der Waals surface area (Å²) in [5, 5.41) is 21.6. The summed E-state index contributed by atoms with van der Waals surface area (Å²) in [7, 11) is 0. The highest BCUT2D eigenvalue weighted by molar-refractivity contribution is 8.18. The summed E-state index contributed by atoms with van der Waals surface area (Å²) in [6.45, 7) is 0. The second-order valence-electron chi connectivity index (χ2n) is 4.83. The Balaban J connectivity index is 1.84. The Morgan fingerprint density at radius 3 is 2.67 bits per heavy atom. The number of aromatic hydroxyl groups is 2. The molecular weight excluding hydrogens is 355 g/mol. The van der Waals surface area contributed by atoms with Crippen LogP contribution in [0.25, 0.3) is 6.08 Å². The molecule has 24 heavy (non-hydrogen) atoms. The van der Waals surface area contributed by atoms with Crippen molar-refractivity contribution in [2.24, 2.45) is 4.99 Å². The minimum absolute atomic E-state index is 0.0542. The first-order valence-electron chi connectivity index (χ1n) is 6.69. The number of amidine groups is 1. The molecule has 0 aromatic heterocycles. The summed E-state index contributed by atoms with van der Waals surface area (Å²) in [4.78, 5) is 16.5. The number of amides is 1. The molecule has 2 aromatic carbocycles. The van der Waals surface area contributed by atoms with Crippen LogP contribution in [-0.4, -0.2) is 21.3 Å². The van der Waals surface area contributed by atoms with Crippen molar-refractivity contribution in [1.82, 2.24) is 5.32 Å². The van der Waals surface area contributed by atoms with Crippen LogP contribution in [0.4, 0.5) is 10.1 Å². The largest absolute Gasteiger partial charge is 0.504 e. The Morgan fingerprint density at radius 1 is 1.17 bits per heavy atom. The van der Waals surface area contributed by atoms with Gasteiger partial charge in [0.1, 0.15) is 5.82 Å². The van der Waals surface area contributed by atoms with Gasteiger partial charge in [0, 0.05) is 0 Å². The molecule has 8 heteroatoms. The minimum atomic E-state index is -0.545. The topological polar surface area (TPSA) is 81.9 Å². The van der Waals surface area contributed by atoms with E-state index in [1.807, 2.05) is 0 Å². The molecule has 0 bridgehead atoms. The van der Waals surface area contributed by atoms with Crippen molar-refractivity contribution in [3.63, 3.8) is 0 Å². The van der Waals surface area contributed by atoms with Crippen molar-refractivity contribution in [2.75, 3.05) is 0 Å². The van der Waals surface area contributed by atoms with Gasteiger partial charge in [-0.15, -0.1) is 0 Å². The fraction of sp³-hybridized carbons (Fsp3) is 0. The van der Waals surface area contributed by atoms with Gasteiger partial charge in [-0.25, -0.2) is 9.38 Å². The number of carbonyl (C=O) groups excluding carboxylic acids is 1. The quantitative estimate of drug-likeness (QED) is 0.559. The van der Waals surface area contributed by atoms with Gasteiger partial charge in [-0.3, -0.25) is 4.79 Å². The van der Waals surface area contributed by atoms with E-state index >= 15 is 0 Å². The number of hydrogen-bond donors (Lipinski definition) is 3. The van der Waals surface area contributed by atoms with Gasteiger partial charge in [0.25, 0.3) is 5.91 Å². The number of phenolic OH excluding ortho intramolecular Hbond substituents is 2. The average molecular weight is 365 g/mol. The summed E-state index contributed by atoms with van der Waals surface area (Å²) in [6.07, 6.45) is 1.55. The zero-order valence-electron chi connectivity index (χ0n) is 12.0. The maximum Gasteiger partial charge on any atom is 0.264 e. The summed E-state index contributed by atoms with van der Waals surface area (Å²) in [6, 6.07) is 8.22. The first-order chi connectivity index (χ1) is 11.4. The lowest BCUT2D eigenvalue weighted by Crippen LogP contribution is -2.19. The molecule has 1 saturated heterocycles. The van der Waals surface area contributed by atoms with Crippen LogP contribution in [0, 0.1) is 5.82 Å². The molecule has 1 heterocycles. The lowest BCUT2D eigenvalue weighted by atomic mass is 10.2. The molecule has 122 valence electrons. The molecule has 0 radical (unpaired) electrons. The van der Waals surface area contributed by atoms with E-state index in [0.717, 1.165) is 11.8 Å². The van der Waals surface area contributed by atoms with Gasteiger partial charge < -0.3 is 15.5 Å². The third-order valence-corrected chi connectivity index (χ3v) is 4.28. The number of nitrogens with zero attached hydrogens (tertiary/aromatic N) is 1. The van der Waals surface area contributed by atoms with E-state index in [-0.39, 0.29) is 22.4 Å². The first-order valence-corrected chi connectivity index (χ1v) is 7.88. The van der Waals surface area contributed by atoms with Gasteiger partial charge >= 0.3 is 0 Å². The number of hydrogen-bond acceptors (Lipinski definition) is 5. The van der Waals surface area contributed by atoms with E-state index in [1.165, 1.54) is 30.3 Å². The number of aliphatic imine (C=N–C) groups is 1. The molecule has 1 aliphatic heterocycles. The van der Waals surface area contributed by atoms with Gasteiger partial charge in [-0.05, 0) is 53.7 Å². The zero-order chi connectivity index (χ0) is 17.3. The Kier molecular flexibility index (Phi) is 4.46. The average Bonchev–Trinajstić information content (AvgIpc) is 2.86. The van der Waals surface area contributed by atoms with Crippen LogP contribution in [0.1, 0.15) is 5.56 Å². The van der Waals surface area contributed by atoms with Crippen molar-refractivity contribution >= 4 is 46.2 Å². The van der Waals surface area contributed by atoms with E-state index in [2.05, 4.69) is 10.3 Å². The highest BCUT2D eigenvalue weighted by Gasteiger charge is 2.24. The number of benzene rings is 2. The highest BCUT2D eigenvalue weighted by atomic mass is 35.5. The first kappa shape index (κ1) is 16.4. The smallest absolute Gasteiger partial charge is 0.264 e. The van der Waals surface area contributed by atoms with Crippen LogP contribution >= 0.6 is 23.4 Å². The summed E-state index contributed by atoms with van der Waals surface area (Å²) < 4.78 is 13.1. The third kappa shape index (κ3) is 3.52. The van der Waals surface area contributed by atoms with Crippen LogP contribution in [-0.2, 0) is 4.79 Å². The van der Waals surface area contributed by atoms with Gasteiger partial charge in [-0.2, -0.15) is 0 Å². The number of phenols is 2. The predicted octanol–water partition coefficient (Wildman–Crippen LogP) is 3.78. The standard InChI is InChI=1S/C16H10ClFN2O3S/c17-10-7-9(2-3-11(10)18)19-16-20-15(23)14(24-16)6-8-1-4-12(21)13(22)5-8/h1-7,21-22H,(H,19,20,23)/b14-6-. The van der Waals surface area contributed by atoms with Crippen molar-refractivity contribution < 1.29 is 19.4 Å². The van der Waals surface area contributed by atoms with Crippen LogP contribution in [0.5, 0.6) is 11.5 Å². The zero-order valence-corrected chi connectivity index (χ0v) is 13.5. The lowest BCUT2D eigenvalue weighted by Gasteiger charge is -1.99. The van der Waals surface area contributed by atoms with Crippen LogP contribution in [0.15, 0.2) is 46.3 Å². The van der Waals surface area contributed by atoms with E-state index in [9.17, 15) is 19.4 Å². The lowest BCUT2D eigenvalue weighted by molar-refractivity contribution is -0.115. The third-order valence-electron chi connectivity index (χ3n) is 3.08. The monoisotopic (exact) mass is 364 g/mol. The molecule has 5 nitrogen and oxygen atoms in total. The van der Waals surface area contributed by atoms with Crippen LogP contribution in [0.2, 0.25) is 5.02 Å². The summed E-state index contributed by atoms with van der Waals surface area (Å²) in [5.74, 6) is -1.41. The Hall–Kier alpha value is -2.51. The second kappa shape index (κ2) is 6.54. The molecule has 1 fully saturated rings. The van der Waals surface area contributed by atoms with Crippen molar-refractivity contribution in [3.05, 3.63) is 57.7 Å². The van der Waals surface area contributed by atoms with Crippen molar-refractivity contribution in [1.29, 1.82) is 0 Å². The summed E-state index contributed by atoms with van der Waals surface area (Å²) >= 11 is 6.80. The predicted molar refractivity (Wildman–Crippen MR) is 92.0 cm³/mol. The van der Waals surface area contributed by atoms with Gasteiger partial charge in [0.2, 0.25) is 0 Å². The molecule has 2 aromatic rings. The highest BCUT2D eigenvalue weighted by Crippen LogP contribution is 2.31. The summed E-state index contributed by atoms with van der Waals surface area (Å²) in [5.41, 5.74) is 0.960. The number of halogens is 2. The molecule has 0 atom stereocenters. The van der Waals surface area contributed by atoms with E-state index in [4.69, 9.17) is 11.6 Å². The van der Waals surface area contributed by atoms with Gasteiger partial charge in [0.15, 0.2) is 16.7 Å². The van der Waals surface area contributed by atoms with E-state index in [1.54, 1.807) is 12.1 Å². The van der Waals surface area contributed by atoms with E-state index < -0.39 is 5.82 Å². The minimum Gasteiger partial charge on any atom is -0.504 e. The number of thioether (sulfide) groups is 1. The van der Waals surface area contributed by atoms with Crippen molar-refractivity contribution in [3.8, 4) is 11.5 Å². The molecule has 0 spiro atoms. The fourth-order valence-corrected chi connectivity index (χ4v) is 2.95. The van der Waals surface area contributed by atoms with Crippen LogP contribution < -0.4 is 5.32 Å². The fourth-order valence-electron chi connectivity index (χ4n) is 1.93.